The van der Waals surface area contributed by atoms with Gasteiger partial charge in [0.2, 0.25) is 0 Å². The number of nitrogens with one attached hydrogen (secondary N) is 1. The number of carbonyl (C=O) groups excluding carboxylic acids is 1. The first-order valence-corrected chi connectivity index (χ1v) is 11.7. The van der Waals surface area contributed by atoms with E-state index in [1.54, 1.807) is 12.1 Å². The van der Waals surface area contributed by atoms with Gasteiger partial charge in [0.15, 0.2) is 0 Å². The second-order valence-electron chi connectivity index (χ2n) is 8.12. The van der Waals surface area contributed by atoms with Crippen molar-refractivity contribution in [1.29, 1.82) is 0 Å². The van der Waals surface area contributed by atoms with Crippen LogP contribution in [0.15, 0.2) is 84.9 Å². The number of amides is 1. The van der Waals surface area contributed by atoms with Gasteiger partial charge < -0.3 is 11.1 Å². The first kappa shape index (κ1) is 21.8. The van der Waals surface area contributed by atoms with Crippen molar-refractivity contribution in [3.05, 3.63) is 107 Å². The van der Waals surface area contributed by atoms with Crippen LogP contribution in [0.2, 0.25) is 0 Å². The van der Waals surface area contributed by atoms with E-state index >= 15 is 0 Å². The largest absolute Gasteiger partial charge is 0.397 e. The van der Waals surface area contributed by atoms with Crippen LogP contribution in [0, 0.1) is 12.7 Å². The summed E-state index contributed by atoms with van der Waals surface area (Å²) in [6.07, 6.45) is 0. The molecule has 5 aromatic rings. The van der Waals surface area contributed by atoms with Gasteiger partial charge in [-0.1, -0.05) is 72.3 Å². The number of nitrogens with two attached hydrogens (primary N) is 1. The number of nitrogens with zero attached hydrogens (tertiary/aromatic N) is 1. The minimum absolute atomic E-state index is 0.277. The van der Waals surface area contributed by atoms with Crippen molar-refractivity contribution in [3.63, 3.8) is 0 Å². The van der Waals surface area contributed by atoms with Crippen molar-refractivity contribution in [1.82, 2.24) is 10.3 Å². The van der Waals surface area contributed by atoms with Crippen molar-refractivity contribution in [2.45, 2.75) is 13.5 Å². The highest BCUT2D eigenvalue weighted by atomic mass is 32.1. The zero-order valence-corrected chi connectivity index (χ0v) is 19.3. The van der Waals surface area contributed by atoms with Gasteiger partial charge in [-0.05, 0) is 41.8 Å². The average molecular weight is 468 g/mol. The summed E-state index contributed by atoms with van der Waals surface area (Å²) in [4.78, 5) is 19.0. The highest BCUT2D eigenvalue weighted by molar-refractivity contribution is 7.21. The molecule has 2 heterocycles. The van der Waals surface area contributed by atoms with Crippen LogP contribution in [0.1, 0.15) is 20.8 Å². The molecule has 0 aliphatic heterocycles. The molecular weight excluding hydrogens is 445 g/mol. The summed E-state index contributed by atoms with van der Waals surface area (Å²) in [6.45, 7) is 2.32. The van der Waals surface area contributed by atoms with Crippen LogP contribution >= 0.6 is 11.3 Å². The van der Waals surface area contributed by atoms with Crippen LogP contribution in [0.4, 0.5) is 10.1 Å². The standard InChI is InChI=1S/C28H22FN3OS/c1-17-7-11-19(12-8-17)22-15-23(20-5-3-2-4-6-20)32-28-24(22)25(30)26(34-28)27(33)31-16-18-9-13-21(29)14-10-18/h2-15H,16,30H2,1H3,(H,31,33). The topological polar surface area (TPSA) is 68.0 Å². The Bertz CT molecular complexity index is 1480. The van der Waals surface area contributed by atoms with Crippen LogP contribution in [0.25, 0.3) is 32.6 Å². The van der Waals surface area contributed by atoms with Crippen LogP contribution in [-0.4, -0.2) is 10.9 Å². The van der Waals surface area contributed by atoms with Crippen molar-refractivity contribution in [3.8, 4) is 22.4 Å². The van der Waals surface area contributed by atoms with Gasteiger partial charge in [0.25, 0.3) is 5.91 Å². The minimum atomic E-state index is -0.312. The molecule has 0 atom stereocenters. The number of benzene rings is 3. The third kappa shape index (κ3) is 4.28. The summed E-state index contributed by atoms with van der Waals surface area (Å²) in [5, 5.41) is 3.67. The lowest BCUT2D eigenvalue weighted by Crippen LogP contribution is -2.22. The minimum Gasteiger partial charge on any atom is -0.397 e. The van der Waals surface area contributed by atoms with E-state index in [9.17, 15) is 9.18 Å². The van der Waals surface area contributed by atoms with Gasteiger partial charge in [-0.25, -0.2) is 9.37 Å². The number of halogens is 1. The second-order valence-corrected chi connectivity index (χ2v) is 9.12. The van der Waals surface area contributed by atoms with Crippen molar-refractivity contribution in [2.24, 2.45) is 0 Å². The maximum Gasteiger partial charge on any atom is 0.263 e. The molecule has 0 fully saturated rings. The molecule has 2 aromatic heterocycles. The molecule has 0 spiro atoms. The molecule has 0 aliphatic rings. The molecule has 6 heteroatoms. The van der Waals surface area contributed by atoms with Crippen LogP contribution in [0.5, 0.6) is 0 Å². The van der Waals surface area contributed by atoms with Crippen LogP contribution in [0.3, 0.4) is 0 Å². The number of carbonyl (C=O) groups is 1. The molecular formula is C28H22FN3OS. The number of thiophene rings is 1. The van der Waals surface area contributed by atoms with E-state index in [0.717, 1.165) is 38.9 Å². The highest BCUT2D eigenvalue weighted by Gasteiger charge is 2.21. The third-order valence-corrected chi connectivity index (χ3v) is 6.80. The Balaban J connectivity index is 1.58. The first-order valence-electron chi connectivity index (χ1n) is 10.9. The first-order chi connectivity index (χ1) is 16.5. The molecule has 5 rings (SSSR count). The highest BCUT2D eigenvalue weighted by Crippen LogP contribution is 2.41. The fourth-order valence-corrected chi connectivity index (χ4v) is 4.91. The summed E-state index contributed by atoms with van der Waals surface area (Å²) in [5.74, 6) is -0.589. The lowest BCUT2D eigenvalue weighted by atomic mass is 9.99. The van der Waals surface area contributed by atoms with E-state index in [1.807, 2.05) is 43.3 Å². The maximum atomic E-state index is 13.2. The number of aryl methyl sites for hydroxylation is 1. The summed E-state index contributed by atoms with van der Waals surface area (Å²) in [5.41, 5.74) is 12.7. The third-order valence-electron chi connectivity index (χ3n) is 5.70. The van der Waals surface area contributed by atoms with Gasteiger partial charge in [0.05, 0.1) is 11.4 Å². The van der Waals surface area contributed by atoms with Gasteiger partial charge in [0.1, 0.15) is 15.5 Å². The van der Waals surface area contributed by atoms with E-state index in [4.69, 9.17) is 10.7 Å². The maximum absolute atomic E-state index is 13.2. The monoisotopic (exact) mass is 467 g/mol. The van der Waals surface area contributed by atoms with Gasteiger partial charge in [-0.15, -0.1) is 11.3 Å². The number of hydrogen-bond acceptors (Lipinski definition) is 4. The normalized spacial score (nSPS) is 11.0. The zero-order chi connectivity index (χ0) is 23.7. The number of aromatic nitrogens is 1. The Morgan fingerprint density at radius 3 is 2.38 bits per heavy atom. The molecule has 0 unspecified atom stereocenters. The molecule has 0 aliphatic carbocycles. The van der Waals surface area contributed by atoms with Crippen LogP contribution < -0.4 is 11.1 Å². The lowest BCUT2D eigenvalue weighted by molar-refractivity contribution is 0.0956. The predicted molar refractivity (Wildman–Crippen MR) is 137 cm³/mol. The van der Waals surface area contributed by atoms with E-state index in [0.29, 0.717) is 15.4 Å². The SMILES string of the molecule is Cc1ccc(-c2cc(-c3ccccc3)nc3sc(C(=O)NCc4ccc(F)cc4)c(N)c23)cc1. The second kappa shape index (κ2) is 9.08. The molecule has 4 nitrogen and oxygen atoms in total. The fraction of sp³-hybridized carbons (Fsp3) is 0.0714. The molecule has 3 N–H and O–H groups in total. The Labute approximate surface area is 200 Å². The van der Waals surface area contributed by atoms with Gasteiger partial charge in [-0.3, -0.25) is 4.79 Å². The quantitative estimate of drug-likeness (QED) is 0.306. The summed E-state index contributed by atoms with van der Waals surface area (Å²) in [7, 11) is 0. The van der Waals surface area contributed by atoms with Crippen molar-refractivity contribution in [2.75, 3.05) is 5.73 Å². The molecule has 0 saturated heterocycles. The summed E-state index contributed by atoms with van der Waals surface area (Å²) >= 11 is 1.28. The lowest BCUT2D eigenvalue weighted by Gasteiger charge is -2.09. The molecule has 0 radical (unpaired) electrons. The Kier molecular flexibility index (Phi) is 5.82. The molecule has 0 bridgehead atoms. The van der Waals surface area contributed by atoms with Gasteiger partial charge in [0, 0.05) is 17.5 Å². The van der Waals surface area contributed by atoms with Crippen molar-refractivity contribution < 1.29 is 9.18 Å². The van der Waals surface area contributed by atoms with E-state index in [2.05, 4.69) is 29.6 Å². The van der Waals surface area contributed by atoms with E-state index in [1.165, 1.54) is 23.5 Å². The summed E-state index contributed by atoms with van der Waals surface area (Å²) < 4.78 is 13.2. The smallest absolute Gasteiger partial charge is 0.263 e. The number of rotatable bonds is 5. The Hall–Kier alpha value is -4.03. The van der Waals surface area contributed by atoms with Crippen molar-refractivity contribution >= 4 is 33.1 Å². The number of fused-ring (bicyclic) bond motifs is 1. The fourth-order valence-electron chi connectivity index (χ4n) is 3.87. The number of anilines is 1. The van der Waals surface area contributed by atoms with Gasteiger partial charge >= 0.3 is 0 Å². The molecule has 34 heavy (non-hydrogen) atoms. The zero-order valence-electron chi connectivity index (χ0n) is 18.5. The number of hydrogen-bond donors (Lipinski definition) is 2. The Morgan fingerprint density at radius 2 is 1.68 bits per heavy atom. The molecule has 3 aromatic carbocycles. The van der Waals surface area contributed by atoms with Crippen LogP contribution in [-0.2, 0) is 6.54 Å². The van der Waals surface area contributed by atoms with E-state index < -0.39 is 0 Å². The number of pyridine rings is 1. The molecule has 1 amide bonds. The Morgan fingerprint density at radius 1 is 0.971 bits per heavy atom. The predicted octanol–water partition coefficient (Wildman–Crippen LogP) is 6.59. The van der Waals surface area contributed by atoms with Gasteiger partial charge in [-0.2, -0.15) is 0 Å². The van der Waals surface area contributed by atoms with E-state index in [-0.39, 0.29) is 18.3 Å². The number of nitrogen functional groups attached to an aromatic ring is 1. The summed E-state index contributed by atoms with van der Waals surface area (Å²) in [6, 6.07) is 26.3. The molecule has 168 valence electrons. The molecule has 0 saturated carbocycles. The average Bonchev–Trinajstić information content (AvgIpc) is 3.20.